The molecule has 0 radical (unpaired) electrons. The molecular formula is C29H50O7Si. The van der Waals surface area contributed by atoms with Gasteiger partial charge in [-0.15, -0.1) is 0 Å². The Bertz CT molecular complexity index is 760. The molecule has 1 aromatic rings. The summed E-state index contributed by atoms with van der Waals surface area (Å²) in [7, 11) is 6.59. The Morgan fingerprint density at radius 1 is 0.892 bits per heavy atom. The predicted molar refractivity (Wildman–Crippen MR) is 153 cm³/mol. The first-order chi connectivity index (χ1) is 17.8. The summed E-state index contributed by atoms with van der Waals surface area (Å²) in [4.78, 5) is 23.5. The Labute approximate surface area is 227 Å². The number of carbonyl (C=O) groups excluding carboxylic acids is 2. The largest absolute Gasteiger partial charge is 0.497 e. The second-order valence-corrected chi connectivity index (χ2v) is 9.83. The molecule has 0 aliphatic heterocycles. The number of methoxy groups -OCH3 is 4. The maximum absolute atomic E-state index is 11.8. The van der Waals surface area contributed by atoms with Gasteiger partial charge in [-0.1, -0.05) is 65.0 Å². The Hall–Kier alpha value is -2.00. The van der Waals surface area contributed by atoms with Gasteiger partial charge in [-0.2, -0.15) is 0 Å². The number of benzene rings is 1. The summed E-state index contributed by atoms with van der Waals surface area (Å²) in [6.45, 7) is 6.36. The molecule has 1 aromatic carbocycles. The quantitative estimate of drug-likeness (QED) is 0.0848. The van der Waals surface area contributed by atoms with Crippen molar-refractivity contribution in [2.45, 2.75) is 96.6 Å². The van der Waals surface area contributed by atoms with Crippen LogP contribution in [0.25, 0.3) is 6.08 Å². The minimum Gasteiger partial charge on any atom is -0.497 e. The van der Waals surface area contributed by atoms with Gasteiger partial charge in [0.1, 0.15) is 18.0 Å². The van der Waals surface area contributed by atoms with Gasteiger partial charge >= 0.3 is 5.97 Å². The van der Waals surface area contributed by atoms with Gasteiger partial charge in [-0.25, -0.2) is 4.79 Å². The van der Waals surface area contributed by atoms with E-state index in [0.717, 1.165) is 56.3 Å². The summed E-state index contributed by atoms with van der Waals surface area (Å²) in [5.41, 5.74) is 0.951. The summed E-state index contributed by atoms with van der Waals surface area (Å²) in [6.07, 6.45) is 12.3. The molecule has 8 heteroatoms. The van der Waals surface area contributed by atoms with E-state index in [4.69, 9.17) is 23.7 Å². The number of carbonyl (C=O) groups is 2. The van der Waals surface area contributed by atoms with Gasteiger partial charge in [-0.3, -0.25) is 0 Å². The SMILES string of the molecule is CCCCCC(CC)OC(=O)C=Cc1ccc(OC)cc1.CCCCCC(OC)C(OC)(OC)C(=O)[SiH3]. The number of unbranched alkanes of at least 4 members (excludes halogenated alkanes) is 4. The lowest BCUT2D eigenvalue weighted by Crippen LogP contribution is -2.53. The summed E-state index contributed by atoms with van der Waals surface area (Å²) in [5, 5.41) is -0.0270. The van der Waals surface area contributed by atoms with Crippen molar-refractivity contribution in [3.8, 4) is 5.75 Å². The van der Waals surface area contributed by atoms with Crippen molar-refractivity contribution in [2.75, 3.05) is 28.4 Å². The Kier molecular flexibility index (Phi) is 19.9. The average molecular weight is 539 g/mol. The lowest BCUT2D eigenvalue weighted by atomic mass is 10.0. The van der Waals surface area contributed by atoms with Gasteiger partial charge in [0.05, 0.1) is 17.4 Å². The molecular weight excluding hydrogens is 488 g/mol. The highest BCUT2D eigenvalue weighted by molar-refractivity contribution is 6.59. The lowest BCUT2D eigenvalue weighted by molar-refractivity contribution is -0.246. The van der Waals surface area contributed by atoms with E-state index in [1.807, 2.05) is 24.3 Å². The second kappa shape index (κ2) is 21.0. The lowest BCUT2D eigenvalue weighted by Gasteiger charge is -2.35. The molecule has 0 heterocycles. The molecule has 2 unspecified atom stereocenters. The fourth-order valence-corrected chi connectivity index (χ4v) is 4.68. The summed E-state index contributed by atoms with van der Waals surface area (Å²) in [5.74, 6) is -0.666. The molecule has 0 aromatic heterocycles. The third-order valence-corrected chi connectivity index (χ3v) is 6.97. The Balaban J connectivity index is 0.000000730. The maximum Gasteiger partial charge on any atom is 0.331 e. The topological polar surface area (TPSA) is 80.3 Å². The normalized spacial score (nSPS) is 13.1. The maximum atomic E-state index is 11.8. The average Bonchev–Trinajstić information content (AvgIpc) is 2.91. The van der Waals surface area contributed by atoms with Crippen LogP contribution in [0.1, 0.15) is 84.1 Å². The first-order valence-electron chi connectivity index (χ1n) is 13.4. The van der Waals surface area contributed by atoms with Crippen LogP contribution < -0.4 is 4.74 Å². The molecule has 2 atom stereocenters. The van der Waals surface area contributed by atoms with Crippen LogP contribution in [0.2, 0.25) is 0 Å². The van der Waals surface area contributed by atoms with E-state index in [2.05, 4.69) is 20.8 Å². The minimum atomic E-state index is -1.20. The van der Waals surface area contributed by atoms with Crippen LogP contribution >= 0.6 is 0 Å². The van der Waals surface area contributed by atoms with Crippen molar-refractivity contribution in [2.24, 2.45) is 0 Å². The third-order valence-electron chi connectivity index (χ3n) is 6.27. The number of esters is 1. The van der Waals surface area contributed by atoms with Crippen LogP contribution in [0.5, 0.6) is 5.75 Å². The molecule has 37 heavy (non-hydrogen) atoms. The van der Waals surface area contributed by atoms with E-state index >= 15 is 0 Å². The molecule has 0 saturated heterocycles. The van der Waals surface area contributed by atoms with Crippen molar-refractivity contribution in [3.63, 3.8) is 0 Å². The first kappa shape index (κ1) is 35.0. The summed E-state index contributed by atoms with van der Waals surface area (Å²) < 4.78 is 26.5. The molecule has 0 N–H and O–H groups in total. The molecule has 0 fully saturated rings. The molecule has 7 nitrogen and oxygen atoms in total. The minimum absolute atomic E-state index is 0.0270. The molecule has 0 aliphatic rings. The number of hydrogen-bond acceptors (Lipinski definition) is 7. The van der Waals surface area contributed by atoms with Gasteiger partial charge in [0.15, 0.2) is 5.41 Å². The van der Waals surface area contributed by atoms with Gasteiger partial charge in [0.25, 0.3) is 0 Å². The van der Waals surface area contributed by atoms with Gasteiger partial charge in [0, 0.05) is 27.4 Å². The fraction of sp³-hybridized carbons (Fsp3) is 0.655. The monoisotopic (exact) mass is 538 g/mol. The Morgan fingerprint density at radius 2 is 1.46 bits per heavy atom. The zero-order valence-corrected chi connectivity index (χ0v) is 26.3. The van der Waals surface area contributed by atoms with Crippen molar-refractivity contribution < 1.29 is 33.3 Å². The number of hydrogen-bond donors (Lipinski definition) is 0. The van der Waals surface area contributed by atoms with Crippen molar-refractivity contribution in [1.82, 2.24) is 0 Å². The van der Waals surface area contributed by atoms with Crippen LogP contribution in [0.15, 0.2) is 30.3 Å². The third kappa shape index (κ3) is 13.4. The van der Waals surface area contributed by atoms with Crippen LogP contribution in [0.3, 0.4) is 0 Å². The predicted octanol–water partition coefficient (Wildman–Crippen LogP) is 5.07. The molecule has 1 rings (SSSR count). The summed E-state index contributed by atoms with van der Waals surface area (Å²) >= 11 is 0. The van der Waals surface area contributed by atoms with E-state index in [-0.39, 0.29) is 23.6 Å². The van der Waals surface area contributed by atoms with Crippen LogP contribution in [-0.4, -0.2) is 68.1 Å². The number of rotatable bonds is 18. The van der Waals surface area contributed by atoms with Gasteiger partial charge in [0.2, 0.25) is 5.79 Å². The van der Waals surface area contributed by atoms with E-state index in [9.17, 15) is 9.59 Å². The molecule has 0 saturated carbocycles. The van der Waals surface area contributed by atoms with Crippen LogP contribution in [-0.2, 0) is 28.5 Å². The standard InChI is InChI=1S/C18H26O3.C11H24O4Si/c1-4-6-7-8-16(5-2)21-18(19)14-11-15-9-12-17(20-3)13-10-15;1-5-6-7-8-9(13-2)11(14-3,15-4)10(12)16/h9-14,16H,4-8H2,1-3H3;9H,5-8H2,1-4,16H3. The highest BCUT2D eigenvalue weighted by Crippen LogP contribution is 2.24. The van der Waals surface area contributed by atoms with Crippen LogP contribution in [0.4, 0.5) is 0 Å². The van der Waals surface area contributed by atoms with E-state index in [1.54, 1.807) is 20.3 Å². The van der Waals surface area contributed by atoms with E-state index < -0.39 is 5.79 Å². The highest BCUT2D eigenvalue weighted by Gasteiger charge is 2.44. The van der Waals surface area contributed by atoms with Crippen LogP contribution in [0, 0.1) is 0 Å². The highest BCUT2D eigenvalue weighted by atomic mass is 28.1. The number of ether oxygens (including phenoxy) is 5. The molecule has 0 spiro atoms. The second-order valence-electron chi connectivity index (χ2n) is 8.92. The fourth-order valence-electron chi connectivity index (χ4n) is 3.95. The van der Waals surface area contributed by atoms with Crippen molar-refractivity contribution >= 4 is 27.7 Å². The van der Waals surface area contributed by atoms with Crippen molar-refractivity contribution in [3.05, 3.63) is 35.9 Å². The molecule has 0 aliphatic carbocycles. The zero-order chi connectivity index (χ0) is 28.1. The first-order valence-corrected chi connectivity index (χ1v) is 14.4. The van der Waals surface area contributed by atoms with Crippen molar-refractivity contribution in [1.29, 1.82) is 0 Å². The van der Waals surface area contributed by atoms with Gasteiger partial charge in [-0.05, 0) is 49.5 Å². The van der Waals surface area contributed by atoms with Gasteiger partial charge < -0.3 is 28.5 Å². The smallest absolute Gasteiger partial charge is 0.331 e. The Morgan fingerprint density at radius 3 is 1.89 bits per heavy atom. The van der Waals surface area contributed by atoms with E-state index in [1.165, 1.54) is 33.1 Å². The summed E-state index contributed by atoms with van der Waals surface area (Å²) in [6, 6.07) is 7.54. The molecule has 0 bridgehead atoms. The zero-order valence-electron chi connectivity index (χ0n) is 24.3. The molecule has 0 amide bonds. The van der Waals surface area contributed by atoms with E-state index in [0.29, 0.717) is 10.2 Å². The molecule has 212 valence electrons.